The van der Waals surface area contributed by atoms with Gasteiger partial charge in [-0.05, 0) is 62.3 Å². The molecule has 2 atom stereocenters. The number of hydrogen-bond acceptors (Lipinski definition) is 3. The summed E-state index contributed by atoms with van der Waals surface area (Å²) in [6.07, 6.45) is 6.52. The van der Waals surface area contributed by atoms with Gasteiger partial charge in [0, 0.05) is 24.8 Å². The van der Waals surface area contributed by atoms with Gasteiger partial charge >= 0.3 is 0 Å². The maximum absolute atomic E-state index is 13.2. The Kier molecular flexibility index (Phi) is 4.21. The Balaban J connectivity index is 1.38. The van der Waals surface area contributed by atoms with Crippen molar-refractivity contribution in [2.45, 2.75) is 50.7 Å². The molecule has 152 valence electrons. The fourth-order valence-corrected chi connectivity index (χ4v) is 6.48. The molecule has 1 aromatic heterocycles. The van der Waals surface area contributed by atoms with Crippen LogP contribution in [0.5, 0.6) is 0 Å². The summed E-state index contributed by atoms with van der Waals surface area (Å²) in [6.45, 7) is 1.85. The zero-order chi connectivity index (χ0) is 20.3. The maximum atomic E-state index is 13.2. The van der Waals surface area contributed by atoms with E-state index < -0.39 is 5.60 Å². The fraction of sp³-hybridized carbons (Fsp3) is 0.500. The van der Waals surface area contributed by atoms with E-state index in [1.54, 1.807) is 22.9 Å². The van der Waals surface area contributed by atoms with Crippen molar-refractivity contribution in [3.05, 3.63) is 58.9 Å². The van der Waals surface area contributed by atoms with Crippen molar-refractivity contribution in [3.8, 4) is 0 Å². The predicted octanol–water partition coefficient (Wildman–Crippen LogP) is 3.23. The molecule has 1 amide bonds. The van der Waals surface area contributed by atoms with Crippen LogP contribution in [0.3, 0.4) is 0 Å². The van der Waals surface area contributed by atoms with Gasteiger partial charge in [0.15, 0.2) is 0 Å². The Labute approximate surface area is 171 Å². The van der Waals surface area contributed by atoms with Crippen LogP contribution in [0.4, 0.5) is 0 Å². The van der Waals surface area contributed by atoms with Gasteiger partial charge in [-0.1, -0.05) is 30.3 Å². The summed E-state index contributed by atoms with van der Waals surface area (Å²) in [5.74, 6) is 1.17. The number of amides is 1. The second kappa shape index (κ2) is 6.56. The van der Waals surface area contributed by atoms with Gasteiger partial charge in [-0.3, -0.25) is 9.59 Å². The van der Waals surface area contributed by atoms with Gasteiger partial charge in [-0.2, -0.15) is 0 Å². The number of nitrogens with zero attached hydrogens (tertiary/aromatic N) is 1. The number of benzene rings is 1. The fourth-order valence-electron chi connectivity index (χ4n) is 6.48. The number of aliphatic hydroxyl groups is 1. The third-order valence-corrected chi connectivity index (χ3v) is 7.47. The largest absolute Gasteiger partial charge is 0.390 e. The van der Waals surface area contributed by atoms with E-state index in [2.05, 4.69) is 5.32 Å². The minimum absolute atomic E-state index is 0.0681. The van der Waals surface area contributed by atoms with Gasteiger partial charge in [-0.25, -0.2) is 0 Å². The molecular weight excluding hydrogens is 364 g/mol. The molecular formula is C24H28N2O3. The van der Waals surface area contributed by atoms with Gasteiger partial charge in [0.05, 0.1) is 16.9 Å². The summed E-state index contributed by atoms with van der Waals surface area (Å²) < 4.78 is 1.76. The van der Waals surface area contributed by atoms with Crippen molar-refractivity contribution in [1.29, 1.82) is 0 Å². The van der Waals surface area contributed by atoms with Crippen LogP contribution in [0.25, 0.3) is 0 Å². The average Bonchev–Trinajstić information content (AvgIpc) is 2.97. The maximum Gasteiger partial charge on any atom is 0.253 e. The lowest BCUT2D eigenvalue weighted by Gasteiger charge is -2.58. The van der Waals surface area contributed by atoms with E-state index in [1.165, 1.54) is 0 Å². The Hall–Kier alpha value is -2.40. The summed E-state index contributed by atoms with van der Waals surface area (Å²) in [6, 6.07) is 9.31. The molecule has 4 fully saturated rings. The van der Waals surface area contributed by atoms with Crippen LogP contribution in [0.15, 0.2) is 36.5 Å². The molecule has 4 saturated carbocycles. The zero-order valence-corrected chi connectivity index (χ0v) is 17.0. The Morgan fingerprint density at radius 1 is 1.10 bits per heavy atom. The lowest BCUT2D eigenvalue weighted by atomic mass is 9.52. The van der Waals surface area contributed by atoms with Crippen molar-refractivity contribution in [2.75, 3.05) is 0 Å². The van der Waals surface area contributed by atoms with Gasteiger partial charge in [0.25, 0.3) is 5.91 Å². The van der Waals surface area contributed by atoms with Crippen LogP contribution in [0.1, 0.15) is 64.1 Å². The van der Waals surface area contributed by atoms with E-state index in [-0.39, 0.29) is 17.7 Å². The van der Waals surface area contributed by atoms with Crippen LogP contribution in [0, 0.1) is 24.7 Å². The number of aryl methyl sites for hydroxylation is 1. The quantitative estimate of drug-likeness (QED) is 0.785. The summed E-state index contributed by atoms with van der Waals surface area (Å²) in [5.41, 5.74) is 1.97. The first kappa shape index (κ1) is 18.6. The number of carbonyl (C=O) groups excluding carboxylic acids is 2. The van der Waals surface area contributed by atoms with Gasteiger partial charge in [-0.15, -0.1) is 0 Å². The van der Waals surface area contributed by atoms with E-state index in [4.69, 9.17) is 0 Å². The normalized spacial score (nSPS) is 32.4. The van der Waals surface area contributed by atoms with E-state index in [0.717, 1.165) is 37.7 Å². The minimum atomic E-state index is -0.504. The molecule has 5 heteroatoms. The zero-order valence-electron chi connectivity index (χ0n) is 17.0. The van der Waals surface area contributed by atoms with Crippen LogP contribution in [-0.4, -0.2) is 33.0 Å². The number of nitrogens with one attached hydrogen (secondary N) is 1. The molecule has 0 spiro atoms. The Morgan fingerprint density at radius 2 is 1.76 bits per heavy atom. The SMILES string of the molecule is Cc1c(C(=O)N[C@H]2C3CC4CC2C[C@](O)(C4)C3)cn(C)c1C(=O)c1ccccc1. The summed E-state index contributed by atoms with van der Waals surface area (Å²) in [4.78, 5) is 26.1. The third kappa shape index (κ3) is 3.03. The van der Waals surface area contributed by atoms with Gasteiger partial charge in [0.1, 0.15) is 0 Å². The minimum Gasteiger partial charge on any atom is -0.390 e. The monoisotopic (exact) mass is 392 g/mol. The van der Waals surface area contributed by atoms with Crippen LogP contribution < -0.4 is 5.32 Å². The average molecular weight is 392 g/mol. The Morgan fingerprint density at radius 3 is 2.38 bits per heavy atom. The molecule has 2 unspecified atom stereocenters. The number of hydrogen-bond donors (Lipinski definition) is 2. The molecule has 2 N–H and O–H groups in total. The van der Waals surface area contributed by atoms with Crippen molar-refractivity contribution >= 4 is 11.7 Å². The molecule has 5 nitrogen and oxygen atoms in total. The third-order valence-electron chi connectivity index (χ3n) is 7.47. The second-order valence-electron chi connectivity index (χ2n) is 9.52. The highest BCUT2D eigenvalue weighted by molar-refractivity contribution is 6.11. The highest BCUT2D eigenvalue weighted by atomic mass is 16.3. The van der Waals surface area contributed by atoms with Crippen molar-refractivity contribution in [1.82, 2.24) is 9.88 Å². The Bertz CT molecular complexity index is 962. The van der Waals surface area contributed by atoms with Crippen LogP contribution in [-0.2, 0) is 7.05 Å². The number of aromatic nitrogens is 1. The predicted molar refractivity (Wildman–Crippen MR) is 110 cm³/mol. The molecule has 2 aromatic rings. The lowest BCUT2D eigenvalue weighted by Crippen LogP contribution is -2.61. The van der Waals surface area contributed by atoms with E-state index in [0.29, 0.717) is 34.6 Å². The van der Waals surface area contributed by atoms with Crippen molar-refractivity contribution in [3.63, 3.8) is 0 Å². The van der Waals surface area contributed by atoms with E-state index in [1.807, 2.05) is 32.2 Å². The molecule has 0 radical (unpaired) electrons. The van der Waals surface area contributed by atoms with Crippen molar-refractivity contribution in [2.24, 2.45) is 24.8 Å². The van der Waals surface area contributed by atoms with Crippen LogP contribution in [0.2, 0.25) is 0 Å². The molecule has 1 heterocycles. The second-order valence-corrected chi connectivity index (χ2v) is 9.52. The highest BCUT2D eigenvalue weighted by Crippen LogP contribution is 2.55. The summed E-state index contributed by atoms with van der Waals surface area (Å²) >= 11 is 0. The number of rotatable bonds is 4. The molecule has 0 saturated heterocycles. The van der Waals surface area contributed by atoms with Crippen molar-refractivity contribution < 1.29 is 14.7 Å². The van der Waals surface area contributed by atoms with E-state index >= 15 is 0 Å². The standard InChI is InChI=1S/C24H28N2O3/c1-14-19(13-26(2)21(14)22(27)16-6-4-3-5-7-16)23(28)25-20-17-8-15-9-18(20)12-24(29,10-15)11-17/h3-7,13,15,17-18,20,29H,8-12H2,1-2H3,(H,25,28)/t15?,17?,18?,20-,24-. The number of ketones is 1. The van der Waals surface area contributed by atoms with Gasteiger partial charge < -0.3 is 15.0 Å². The van der Waals surface area contributed by atoms with Crippen LogP contribution >= 0.6 is 0 Å². The van der Waals surface area contributed by atoms with Gasteiger partial charge in [0.2, 0.25) is 5.78 Å². The first-order valence-electron chi connectivity index (χ1n) is 10.6. The lowest BCUT2D eigenvalue weighted by molar-refractivity contribution is -0.136. The van der Waals surface area contributed by atoms with E-state index in [9.17, 15) is 14.7 Å². The smallest absolute Gasteiger partial charge is 0.253 e. The molecule has 4 aliphatic rings. The molecule has 1 aromatic carbocycles. The molecule has 6 rings (SSSR count). The summed E-state index contributed by atoms with van der Waals surface area (Å²) in [5, 5.41) is 14.1. The highest BCUT2D eigenvalue weighted by Gasteiger charge is 2.55. The molecule has 29 heavy (non-hydrogen) atoms. The summed E-state index contributed by atoms with van der Waals surface area (Å²) in [7, 11) is 1.82. The first-order valence-corrected chi connectivity index (χ1v) is 10.6. The molecule has 4 aliphatic carbocycles. The number of carbonyl (C=O) groups is 2. The molecule has 0 aliphatic heterocycles. The first-order chi connectivity index (χ1) is 13.8. The topological polar surface area (TPSA) is 71.3 Å². The molecule has 4 bridgehead atoms.